The molecule has 2 aromatic carbocycles. The molecule has 3 aromatic rings. The summed E-state index contributed by atoms with van der Waals surface area (Å²) in [7, 11) is 0. The zero-order valence-corrected chi connectivity index (χ0v) is 22.7. The average Bonchev–Trinajstić information content (AvgIpc) is 3.18. The van der Waals surface area contributed by atoms with Crippen LogP contribution in [0.1, 0.15) is 55.8 Å². The molecule has 39 heavy (non-hydrogen) atoms. The highest BCUT2D eigenvalue weighted by Crippen LogP contribution is 2.60. The van der Waals surface area contributed by atoms with Gasteiger partial charge in [0, 0.05) is 11.8 Å². The van der Waals surface area contributed by atoms with E-state index in [0.717, 1.165) is 15.7 Å². The molecule has 6 rings (SSSR count). The fourth-order valence-corrected chi connectivity index (χ4v) is 7.18. The molecule has 0 radical (unpaired) electrons. The predicted molar refractivity (Wildman–Crippen MR) is 146 cm³/mol. The zero-order valence-electron chi connectivity index (χ0n) is 22.7. The molecule has 8 heteroatoms. The van der Waals surface area contributed by atoms with Crippen LogP contribution in [-0.2, 0) is 16.1 Å². The van der Waals surface area contributed by atoms with Gasteiger partial charge >= 0.3 is 11.4 Å². The molecular weight excluding hydrogens is 494 g/mol. The Morgan fingerprint density at radius 1 is 0.897 bits per heavy atom. The lowest BCUT2D eigenvalue weighted by molar-refractivity contribution is -0.140. The summed E-state index contributed by atoms with van der Waals surface area (Å²) >= 11 is 0. The maximum absolute atomic E-state index is 14.1. The van der Waals surface area contributed by atoms with Gasteiger partial charge in [-0.3, -0.25) is 9.59 Å². The number of aryl methyl sites for hydroxylation is 2. The van der Waals surface area contributed by atoms with Crippen LogP contribution in [0.4, 0.5) is 0 Å². The van der Waals surface area contributed by atoms with Gasteiger partial charge < -0.3 is 5.11 Å². The van der Waals surface area contributed by atoms with Crippen molar-refractivity contribution in [2.24, 2.45) is 11.3 Å². The lowest BCUT2D eigenvalue weighted by Gasteiger charge is -2.53. The standard InChI is InChI=1S/C31H31N3O5/c1-16-13-20(14-17(2)26(16)35)25-22-11-12-32-29(38)33(21-9-7-6-8-10-21)30(39)34(32)24(22)15-23-27(36)18(3)19(4)28(37)31(23,25)5/h6-11,13-14,23-25,35H,12,15H2,1-5H3/t23-,24+,25-,31+/m0/s1. The van der Waals surface area contributed by atoms with Gasteiger partial charge in [0.1, 0.15) is 5.75 Å². The van der Waals surface area contributed by atoms with Gasteiger partial charge in [-0.1, -0.05) is 43.3 Å². The van der Waals surface area contributed by atoms with E-state index in [1.165, 1.54) is 9.36 Å². The predicted octanol–water partition coefficient (Wildman–Crippen LogP) is 3.90. The number of ketones is 2. The Kier molecular flexibility index (Phi) is 5.40. The number of phenols is 1. The van der Waals surface area contributed by atoms with Crippen molar-refractivity contribution in [1.82, 2.24) is 13.9 Å². The minimum Gasteiger partial charge on any atom is -0.507 e. The molecular formula is C31H31N3O5. The number of carbonyl (C=O) groups is 2. The van der Waals surface area contributed by atoms with Crippen molar-refractivity contribution in [3.8, 4) is 11.4 Å². The Hall–Kier alpha value is -4.20. The van der Waals surface area contributed by atoms with Crippen LogP contribution >= 0.6 is 0 Å². The second-order valence-electron chi connectivity index (χ2n) is 11.3. The number of aromatic nitrogens is 3. The van der Waals surface area contributed by atoms with E-state index in [1.807, 2.05) is 45.0 Å². The number of phenolic OH excluding ortho intramolecular Hbond substituents is 1. The van der Waals surface area contributed by atoms with Crippen LogP contribution in [0.3, 0.4) is 0 Å². The summed E-state index contributed by atoms with van der Waals surface area (Å²) in [5.74, 6) is -1.18. The number of para-hydroxylation sites is 1. The van der Waals surface area contributed by atoms with E-state index in [9.17, 15) is 24.3 Å². The molecule has 2 heterocycles. The molecule has 1 saturated carbocycles. The van der Waals surface area contributed by atoms with E-state index < -0.39 is 34.7 Å². The number of fused-ring (bicyclic) bond motifs is 4. The number of hydrogen-bond donors (Lipinski definition) is 1. The first-order valence-electron chi connectivity index (χ1n) is 13.2. The fraction of sp³-hybridized carbons (Fsp3) is 0.355. The minimum absolute atomic E-state index is 0.0745. The molecule has 200 valence electrons. The van der Waals surface area contributed by atoms with E-state index in [1.54, 1.807) is 38.1 Å². The smallest absolute Gasteiger partial charge is 0.352 e. The molecule has 1 aromatic heterocycles. The van der Waals surface area contributed by atoms with Crippen molar-refractivity contribution in [3.63, 3.8) is 0 Å². The Labute approximate surface area is 225 Å². The molecule has 0 unspecified atom stereocenters. The molecule has 0 amide bonds. The molecule has 3 aliphatic rings. The number of Topliss-reactive ketones (excluding diaryl/α,β-unsaturated/α-hetero) is 2. The third-order valence-corrected chi connectivity index (χ3v) is 9.29. The van der Waals surface area contributed by atoms with Gasteiger partial charge in [-0.15, -0.1) is 0 Å². The largest absolute Gasteiger partial charge is 0.507 e. The first kappa shape index (κ1) is 25.1. The molecule has 0 spiro atoms. The number of hydrogen-bond acceptors (Lipinski definition) is 5. The lowest BCUT2D eigenvalue weighted by Crippen LogP contribution is -2.55. The fourth-order valence-electron chi connectivity index (χ4n) is 7.18. The van der Waals surface area contributed by atoms with Gasteiger partial charge in [0.2, 0.25) is 0 Å². The van der Waals surface area contributed by atoms with Gasteiger partial charge in [-0.2, -0.15) is 0 Å². The van der Waals surface area contributed by atoms with E-state index in [4.69, 9.17) is 0 Å². The highest BCUT2D eigenvalue weighted by molar-refractivity contribution is 6.15. The van der Waals surface area contributed by atoms with Crippen molar-refractivity contribution in [3.05, 3.63) is 103 Å². The summed E-state index contributed by atoms with van der Waals surface area (Å²) in [6.07, 6.45) is 2.19. The van der Waals surface area contributed by atoms with Gasteiger partial charge in [-0.25, -0.2) is 23.5 Å². The van der Waals surface area contributed by atoms with E-state index in [2.05, 4.69) is 0 Å². The summed E-state index contributed by atoms with van der Waals surface area (Å²) in [6, 6.07) is 12.0. The molecule has 2 aliphatic carbocycles. The van der Waals surface area contributed by atoms with E-state index >= 15 is 0 Å². The number of benzene rings is 2. The summed E-state index contributed by atoms with van der Waals surface area (Å²) in [4.78, 5) is 55.2. The van der Waals surface area contributed by atoms with E-state index in [0.29, 0.717) is 28.0 Å². The summed E-state index contributed by atoms with van der Waals surface area (Å²) in [5.41, 5.74) is 2.41. The molecule has 1 fully saturated rings. The van der Waals surface area contributed by atoms with Gasteiger partial charge in [-0.05, 0) is 79.7 Å². The average molecular weight is 526 g/mol. The summed E-state index contributed by atoms with van der Waals surface area (Å²) in [6.45, 7) is 9.07. The van der Waals surface area contributed by atoms with Crippen LogP contribution in [-0.4, -0.2) is 30.6 Å². The van der Waals surface area contributed by atoms with Gasteiger partial charge in [0.05, 0.1) is 23.7 Å². The third kappa shape index (κ3) is 3.23. The second-order valence-corrected chi connectivity index (χ2v) is 11.3. The first-order valence-corrected chi connectivity index (χ1v) is 13.2. The molecule has 1 aliphatic heterocycles. The van der Waals surface area contributed by atoms with Crippen molar-refractivity contribution < 1.29 is 14.7 Å². The van der Waals surface area contributed by atoms with Crippen molar-refractivity contribution in [2.75, 3.05) is 0 Å². The quantitative estimate of drug-likeness (QED) is 0.511. The number of rotatable bonds is 2. The van der Waals surface area contributed by atoms with Crippen molar-refractivity contribution in [1.29, 1.82) is 0 Å². The first-order chi connectivity index (χ1) is 18.5. The highest BCUT2D eigenvalue weighted by atomic mass is 16.3. The van der Waals surface area contributed by atoms with Crippen molar-refractivity contribution >= 4 is 11.6 Å². The van der Waals surface area contributed by atoms with Gasteiger partial charge in [0.15, 0.2) is 11.6 Å². The second kappa shape index (κ2) is 8.40. The molecule has 1 N–H and O–H groups in total. The van der Waals surface area contributed by atoms with Gasteiger partial charge in [0.25, 0.3) is 0 Å². The Bertz CT molecular complexity index is 1740. The molecule has 4 atom stereocenters. The molecule has 0 bridgehead atoms. The van der Waals surface area contributed by atoms with Crippen LogP contribution < -0.4 is 11.4 Å². The number of allylic oxidation sites excluding steroid dienone is 4. The lowest BCUT2D eigenvalue weighted by atomic mass is 9.50. The number of aromatic hydroxyl groups is 1. The summed E-state index contributed by atoms with van der Waals surface area (Å²) < 4.78 is 4.08. The SMILES string of the molecule is CC1=C(C)C(=O)[C@@]2(C)[C@@H](c3cc(C)c(O)c(C)c3)C3=CCn4c(=O)n(-c5ccccc5)c(=O)n4[C@@H]3C[C@H]2C1=O. The van der Waals surface area contributed by atoms with Crippen LogP contribution in [0, 0.1) is 25.2 Å². The van der Waals surface area contributed by atoms with Crippen LogP contribution in [0.2, 0.25) is 0 Å². The highest BCUT2D eigenvalue weighted by Gasteiger charge is 2.60. The topological polar surface area (TPSA) is 103 Å². The number of nitrogens with zero attached hydrogens (tertiary/aromatic N) is 3. The van der Waals surface area contributed by atoms with Crippen LogP contribution in [0.5, 0.6) is 5.75 Å². The Balaban J connectivity index is 1.62. The Morgan fingerprint density at radius 3 is 2.18 bits per heavy atom. The Morgan fingerprint density at radius 2 is 1.54 bits per heavy atom. The number of carbonyl (C=O) groups excluding carboxylic acids is 2. The maximum atomic E-state index is 14.1. The summed E-state index contributed by atoms with van der Waals surface area (Å²) in [5, 5.41) is 10.5. The zero-order chi connectivity index (χ0) is 28.0. The monoisotopic (exact) mass is 525 g/mol. The van der Waals surface area contributed by atoms with Crippen molar-refractivity contribution in [2.45, 2.75) is 59.5 Å². The maximum Gasteiger partial charge on any atom is 0.352 e. The molecule has 8 nitrogen and oxygen atoms in total. The third-order valence-electron chi connectivity index (χ3n) is 9.29. The van der Waals surface area contributed by atoms with E-state index in [-0.39, 0.29) is 30.3 Å². The minimum atomic E-state index is -1.08. The van der Waals surface area contributed by atoms with Crippen LogP contribution in [0.25, 0.3) is 5.69 Å². The molecule has 0 saturated heterocycles. The normalized spacial score (nSPS) is 26.2. The van der Waals surface area contributed by atoms with Crippen LogP contribution in [0.15, 0.2) is 74.8 Å².